The Morgan fingerprint density at radius 3 is 3.00 bits per heavy atom. The molecule has 152 valence electrons. The molecule has 8 heteroatoms. The molecule has 0 saturated carbocycles. The molecule has 8 nitrogen and oxygen atoms in total. The molecule has 5 rings (SSSR count). The second kappa shape index (κ2) is 7.38. The third-order valence-corrected chi connectivity index (χ3v) is 5.64. The van der Waals surface area contributed by atoms with Crippen LogP contribution in [0, 0.1) is 0 Å². The van der Waals surface area contributed by atoms with Gasteiger partial charge in [-0.1, -0.05) is 6.92 Å². The molecule has 1 aliphatic heterocycles. The van der Waals surface area contributed by atoms with Gasteiger partial charge in [0.15, 0.2) is 0 Å². The molecular weight excluding hydrogens is 378 g/mol. The maximum atomic E-state index is 12.0. The second-order valence-electron chi connectivity index (χ2n) is 7.50. The van der Waals surface area contributed by atoms with E-state index in [9.17, 15) is 4.79 Å². The van der Waals surface area contributed by atoms with E-state index in [0.717, 1.165) is 64.1 Å². The molecule has 0 unspecified atom stereocenters. The standard InChI is InChI=1S/C22H23N7O/c1-3-21-14-4-5-17-16-8-19(24-12-20(16)27-26-17)15-9-22(30)25-11-13(15)10-23-7-6-18(14)28-29(21)2/h4-5,8-9,11-12,23H,3,6-7,10H2,1-2H3,(H,25,30)(H,26,27)/b5-4+. The zero-order chi connectivity index (χ0) is 20.7. The fourth-order valence-electron chi connectivity index (χ4n) is 4.12. The van der Waals surface area contributed by atoms with Gasteiger partial charge in [0.25, 0.3) is 0 Å². The monoisotopic (exact) mass is 401 g/mol. The highest BCUT2D eigenvalue weighted by molar-refractivity contribution is 5.91. The second-order valence-corrected chi connectivity index (χ2v) is 7.50. The predicted molar refractivity (Wildman–Crippen MR) is 117 cm³/mol. The van der Waals surface area contributed by atoms with Gasteiger partial charge in [0.05, 0.1) is 28.8 Å². The Morgan fingerprint density at radius 1 is 1.23 bits per heavy atom. The Balaban J connectivity index is 1.71. The summed E-state index contributed by atoms with van der Waals surface area (Å²) in [7, 11) is 2.00. The van der Waals surface area contributed by atoms with Crippen molar-refractivity contribution in [1.29, 1.82) is 0 Å². The van der Waals surface area contributed by atoms with Crippen molar-refractivity contribution < 1.29 is 0 Å². The van der Waals surface area contributed by atoms with E-state index in [2.05, 4.69) is 38.5 Å². The van der Waals surface area contributed by atoms with Crippen molar-refractivity contribution >= 4 is 23.1 Å². The number of nitrogens with zero attached hydrogens (tertiary/aromatic N) is 4. The lowest BCUT2D eigenvalue weighted by Gasteiger charge is -2.10. The molecule has 4 aromatic rings. The van der Waals surface area contributed by atoms with Gasteiger partial charge in [0, 0.05) is 61.0 Å². The summed E-state index contributed by atoms with van der Waals surface area (Å²) in [5.74, 6) is 0. The molecule has 0 aliphatic carbocycles. The molecule has 0 aromatic carbocycles. The third kappa shape index (κ3) is 3.15. The van der Waals surface area contributed by atoms with Crippen LogP contribution in [0.4, 0.5) is 0 Å². The molecule has 0 fully saturated rings. The highest BCUT2D eigenvalue weighted by atomic mass is 16.1. The van der Waals surface area contributed by atoms with Gasteiger partial charge in [-0.05, 0) is 30.2 Å². The Morgan fingerprint density at radius 2 is 2.13 bits per heavy atom. The van der Waals surface area contributed by atoms with Gasteiger partial charge in [-0.3, -0.25) is 19.6 Å². The summed E-state index contributed by atoms with van der Waals surface area (Å²) in [4.78, 5) is 19.3. The lowest BCUT2D eigenvalue weighted by molar-refractivity contribution is 0.658. The average Bonchev–Trinajstić information content (AvgIpc) is 3.29. The first-order valence-corrected chi connectivity index (χ1v) is 10.1. The van der Waals surface area contributed by atoms with E-state index in [1.54, 1.807) is 18.5 Å². The molecular formula is C22H23N7O. The Labute approximate surface area is 173 Å². The summed E-state index contributed by atoms with van der Waals surface area (Å²) in [5, 5.41) is 16.7. The zero-order valence-electron chi connectivity index (χ0n) is 17.0. The largest absolute Gasteiger partial charge is 0.329 e. The highest BCUT2D eigenvalue weighted by Gasteiger charge is 2.15. The van der Waals surface area contributed by atoms with Crippen LogP contribution in [0.15, 0.2) is 29.3 Å². The fraction of sp³-hybridized carbons (Fsp3) is 0.273. The number of hydrogen-bond acceptors (Lipinski definition) is 5. The Hall–Kier alpha value is -3.52. The molecule has 1 aliphatic rings. The maximum absolute atomic E-state index is 12.0. The van der Waals surface area contributed by atoms with Crippen LogP contribution in [-0.4, -0.2) is 36.5 Å². The van der Waals surface area contributed by atoms with Crippen LogP contribution in [0.25, 0.3) is 34.3 Å². The van der Waals surface area contributed by atoms with Crippen LogP contribution < -0.4 is 10.9 Å². The number of fused-ring (bicyclic) bond motifs is 4. The quantitative estimate of drug-likeness (QED) is 0.454. The van der Waals surface area contributed by atoms with E-state index in [1.165, 1.54) is 5.69 Å². The Bertz CT molecular complexity index is 1330. The SMILES string of the molecule is CCc1c2c(nn1C)CCNCc1c[nH]c(=O)cc1-c1cc3c(n[nH]c3cn1)/C=C/2. The van der Waals surface area contributed by atoms with Crippen molar-refractivity contribution in [2.75, 3.05) is 6.54 Å². The number of aromatic amines is 2. The number of hydrogen-bond donors (Lipinski definition) is 3. The van der Waals surface area contributed by atoms with Crippen molar-refractivity contribution in [1.82, 2.24) is 35.3 Å². The third-order valence-electron chi connectivity index (χ3n) is 5.64. The summed E-state index contributed by atoms with van der Waals surface area (Å²) in [6.45, 7) is 3.55. The molecule has 30 heavy (non-hydrogen) atoms. The molecule has 0 atom stereocenters. The molecule has 0 amide bonds. The molecule has 3 N–H and O–H groups in total. The zero-order valence-corrected chi connectivity index (χ0v) is 17.0. The number of rotatable bonds is 1. The van der Waals surface area contributed by atoms with Crippen LogP contribution in [0.1, 0.15) is 35.1 Å². The topological polar surface area (TPSA) is 104 Å². The number of nitrogens with one attached hydrogen (secondary N) is 3. The number of aromatic nitrogens is 6. The lowest BCUT2D eigenvalue weighted by atomic mass is 10.0. The number of H-pyrrole nitrogens is 2. The molecule has 0 spiro atoms. The maximum Gasteiger partial charge on any atom is 0.248 e. The minimum Gasteiger partial charge on any atom is -0.329 e. The average molecular weight is 401 g/mol. The minimum absolute atomic E-state index is 0.144. The summed E-state index contributed by atoms with van der Waals surface area (Å²) in [6, 6.07) is 3.60. The smallest absolute Gasteiger partial charge is 0.248 e. The first-order chi connectivity index (χ1) is 14.6. The van der Waals surface area contributed by atoms with Gasteiger partial charge >= 0.3 is 0 Å². The van der Waals surface area contributed by atoms with Crippen molar-refractivity contribution in [3.63, 3.8) is 0 Å². The first-order valence-electron chi connectivity index (χ1n) is 10.1. The molecule has 5 heterocycles. The summed E-state index contributed by atoms with van der Waals surface area (Å²) in [6.07, 6.45) is 9.39. The van der Waals surface area contributed by atoms with E-state index in [1.807, 2.05) is 23.9 Å². The highest BCUT2D eigenvalue weighted by Crippen LogP contribution is 2.27. The summed E-state index contributed by atoms with van der Waals surface area (Å²) in [5.41, 5.74) is 7.57. The van der Waals surface area contributed by atoms with Gasteiger partial charge in [0.2, 0.25) is 5.56 Å². The van der Waals surface area contributed by atoms with Crippen molar-refractivity contribution in [3.05, 3.63) is 63.1 Å². The van der Waals surface area contributed by atoms with Crippen LogP contribution >= 0.6 is 0 Å². The van der Waals surface area contributed by atoms with E-state index < -0.39 is 0 Å². The van der Waals surface area contributed by atoms with Gasteiger partial charge < -0.3 is 10.3 Å². The molecule has 0 radical (unpaired) electrons. The van der Waals surface area contributed by atoms with Crippen LogP contribution in [-0.2, 0) is 26.4 Å². The summed E-state index contributed by atoms with van der Waals surface area (Å²) >= 11 is 0. The minimum atomic E-state index is -0.144. The van der Waals surface area contributed by atoms with E-state index in [0.29, 0.717) is 6.54 Å². The lowest BCUT2D eigenvalue weighted by Crippen LogP contribution is -2.19. The summed E-state index contributed by atoms with van der Waals surface area (Å²) < 4.78 is 1.97. The first kappa shape index (κ1) is 18.5. The van der Waals surface area contributed by atoms with Gasteiger partial charge in [-0.15, -0.1) is 0 Å². The fourth-order valence-corrected chi connectivity index (χ4v) is 4.12. The van der Waals surface area contributed by atoms with Gasteiger partial charge in [-0.2, -0.15) is 10.2 Å². The van der Waals surface area contributed by atoms with E-state index in [-0.39, 0.29) is 5.56 Å². The van der Waals surface area contributed by atoms with E-state index in [4.69, 9.17) is 5.10 Å². The van der Waals surface area contributed by atoms with Crippen LogP contribution in [0.3, 0.4) is 0 Å². The van der Waals surface area contributed by atoms with Gasteiger partial charge in [0.1, 0.15) is 0 Å². The molecule has 2 bridgehead atoms. The molecule has 0 saturated heterocycles. The number of pyridine rings is 2. The van der Waals surface area contributed by atoms with Crippen molar-refractivity contribution in [2.45, 2.75) is 26.3 Å². The molecule has 4 aromatic heterocycles. The van der Waals surface area contributed by atoms with Crippen molar-refractivity contribution in [2.24, 2.45) is 7.05 Å². The van der Waals surface area contributed by atoms with Gasteiger partial charge in [-0.25, -0.2) is 0 Å². The van der Waals surface area contributed by atoms with E-state index >= 15 is 0 Å². The Kier molecular flexibility index (Phi) is 4.55. The van der Waals surface area contributed by atoms with Crippen molar-refractivity contribution in [3.8, 4) is 11.3 Å². The van der Waals surface area contributed by atoms with Crippen LogP contribution in [0.5, 0.6) is 0 Å². The number of aryl methyl sites for hydroxylation is 1. The van der Waals surface area contributed by atoms with Crippen LogP contribution in [0.2, 0.25) is 0 Å². The normalized spacial score (nSPS) is 15.0. The predicted octanol–water partition coefficient (Wildman–Crippen LogP) is 2.43.